The Morgan fingerprint density at radius 1 is 1.36 bits per heavy atom. The normalized spacial score (nSPS) is 10.4. The van der Waals surface area contributed by atoms with Crippen LogP contribution in [0.3, 0.4) is 0 Å². The van der Waals surface area contributed by atoms with Crippen molar-refractivity contribution in [3.8, 4) is 5.82 Å². The van der Waals surface area contributed by atoms with Crippen LogP contribution in [0.15, 0.2) is 30.7 Å². The molecular formula is C10H10BrN3. The molecule has 0 unspecified atom stereocenters. The summed E-state index contributed by atoms with van der Waals surface area (Å²) < 4.78 is 1.77. The third-order valence-corrected chi connectivity index (χ3v) is 2.56. The Bertz CT molecular complexity index is 419. The molecule has 0 radical (unpaired) electrons. The molecule has 72 valence electrons. The second kappa shape index (κ2) is 3.92. The van der Waals surface area contributed by atoms with E-state index in [4.69, 9.17) is 0 Å². The van der Waals surface area contributed by atoms with Crippen molar-refractivity contribution < 1.29 is 0 Å². The van der Waals surface area contributed by atoms with Gasteiger partial charge in [0.05, 0.1) is 6.20 Å². The summed E-state index contributed by atoms with van der Waals surface area (Å²) in [6, 6.07) is 4.00. The molecule has 0 bridgehead atoms. The second-order valence-electron chi connectivity index (χ2n) is 3.12. The van der Waals surface area contributed by atoms with Gasteiger partial charge in [0.1, 0.15) is 0 Å². The topological polar surface area (TPSA) is 30.7 Å². The largest absolute Gasteiger partial charge is 0.237 e. The third-order valence-electron chi connectivity index (χ3n) is 1.91. The first-order chi connectivity index (χ1) is 6.79. The van der Waals surface area contributed by atoms with E-state index >= 15 is 0 Å². The number of hydrogen-bond acceptors (Lipinski definition) is 2. The van der Waals surface area contributed by atoms with Crippen LogP contribution in [0.2, 0.25) is 0 Å². The number of pyridine rings is 1. The van der Waals surface area contributed by atoms with E-state index in [2.05, 4.69) is 26.0 Å². The first-order valence-electron chi connectivity index (χ1n) is 4.32. The van der Waals surface area contributed by atoms with Gasteiger partial charge in [0.15, 0.2) is 5.82 Å². The Hall–Kier alpha value is -1.16. The molecule has 0 saturated heterocycles. The lowest BCUT2D eigenvalue weighted by Gasteiger charge is -2.00. The quantitative estimate of drug-likeness (QED) is 0.768. The molecule has 14 heavy (non-hydrogen) atoms. The van der Waals surface area contributed by atoms with Crippen molar-refractivity contribution in [3.63, 3.8) is 0 Å². The van der Waals surface area contributed by atoms with E-state index in [1.165, 1.54) is 0 Å². The van der Waals surface area contributed by atoms with Crippen LogP contribution in [-0.4, -0.2) is 14.8 Å². The highest BCUT2D eigenvalue weighted by atomic mass is 79.9. The van der Waals surface area contributed by atoms with Crippen LogP contribution in [0.1, 0.15) is 11.1 Å². The lowest BCUT2D eigenvalue weighted by Crippen LogP contribution is -1.97. The summed E-state index contributed by atoms with van der Waals surface area (Å²) in [6.45, 7) is 2.01. The minimum Gasteiger partial charge on any atom is -0.237 e. The predicted molar refractivity (Wildman–Crippen MR) is 58.7 cm³/mol. The highest BCUT2D eigenvalue weighted by Gasteiger charge is 1.98. The van der Waals surface area contributed by atoms with Crippen molar-refractivity contribution in [2.45, 2.75) is 12.3 Å². The van der Waals surface area contributed by atoms with Gasteiger partial charge in [-0.1, -0.05) is 22.0 Å². The van der Waals surface area contributed by atoms with E-state index < -0.39 is 0 Å². The van der Waals surface area contributed by atoms with Crippen LogP contribution in [0.4, 0.5) is 0 Å². The minimum atomic E-state index is 0.832. The molecule has 2 rings (SSSR count). The molecule has 4 heteroatoms. The summed E-state index contributed by atoms with van der Waals surface area (Å²) in [5.41, 5.74) is 2.30. The number of aromatic nitrogens is 3. The Balaban J connectivity index is 2.33. The zero-order chi connectivity index (χ0) is 9.97. The van der Waals surface area contributed by atoms with E-state index in [0.29, 0.717) is 0 Å². The fourth-order valence-electron chi connectivity index (χ4n) is 1.17. The zero-order valence-corrected chi connectivity index (χ0v) is 9.40. The van der Waals surface area contributed by atoms with Gasteiger partial charge in [0, 0.05) is 17.7 Å². The van der Waals surface area contributed by atoms with Crippen molar-refractivity contribution in [3.05, 3.63) is 41.9 Å². The van der Waals surface area contributed by atoms with Gasteiger partial charge in [-0.2, -0.15) is 5.10 Å². The van der Waals surface area contributed by atoms with Crippen LogP contribution < -0.4 is 0 Å². The Kier molecular flexibility index (Phi) is 2.63. The van der Waals surface area contributed by atoms with Crippen molar-refractivity contribution >= 4 is 15.9 Å². The average Bonchev–Trinajstić information content (AvgIpc) is 2.65. The van der Waals surface area contributed by atoms with E-state index in [9.17, 15) is 0 Å². The van der Waals surface area contributed by atoms with E-state index in [-0.39, 0.29) is 0 Å². The number of aryl methyl sites for hydroxylation is 1. The van der Waals surface area contributed by atoms with E-state index in [1.807, 2.05) is 37.6 Å². The number of rotatable bonds is 2. The van der Waals surface area contributed by atoms with Gasteiger partial charge < -0.3 is 0 Å². The van der Waals surface area contributed by atoms with Gasteiger partial charge in [-0.3, -0.25) is 0 Å². The summed E-state index contributed by atoms with van der Waals surface area (Å²) in [7, 11) is 0. The van der Waals surface area contributed by atoms with Gasteiger partial charge in [-0.25, -0.2) is 9.67 Å². The maximum Gasteiger partial charge on any atom is 0.153 e. The molecule has 0 aliphatic heterocycles. The summed E-state index contributed by atoms with van der Waals surface area (Å²) in [5.74, 6) is 0.850. The smallest absolute Gasteiger partial charge is 0.153 e. The Morgan fingerprint density at radius 3 is 2.71 bits per heavy atom. The van der Waals surface area contributed by atoms with E-state index in [1.54, 1.807) is 4.68 Å². The summed E-state index contributed by atoms with van der Waals surface area (Å²) >= 11 is 3.38. The number of nitrogens with zero attached hydrogens (tertiary/aromatic N) is 3. The second-order valence-corrected chi connectivity index (χ2v) is 3.68. The molecule has 2 heterocycles. The highest BCUT2D eigenvalue weighted by Crippen LogP contribution is 2.08. The van der Waals surface area contributed by atoms with E-state index in [0.717, 1.165) is 22.3 Å². The lowest BCUT2D eigenvalue weighted by molar-refractivity contribution is 0.845. The molecule has 0 fully saturated rings. The van der Waals surface area contributed by atoms with Crippen molar-refractivity contribution in [1.82, 2.24) is 14.8 Å². The van der Waals surface area contributed by atoms with Gasteiger partial charge in [0.25, 0.3) is 0 Å². The SMILES string of the molecule is Cc1cnn(-c2ccc(CBr)cn2)c1. The van der Waals surface area contributed by atoms with Crippen molar-refractivity contribution in [2.24, 2.45) is 0 Å². The van der Waals surface area contributed by atoms with Crippen LogP contribution in [0.25, 0.3) is 5.82 Å². The fraction of sp³-hybridized carbons (Fsp3) is 0.200. The monoisotopic (exact) mass is 251 g/mol. The molecule has 0 aromatic carbocycles. The lowest BCUT2D eigenvalue weighted by atomic mass is 10.3. The predicted octanol–water partition coefficient (Wildman–Crippen LogP) is 2.47. The van der Waals surface area contributed by atoms with Crippen LogP contribution in [-0.2, 0) is 5.33 Å². The summed E-state index contributed by atoms with van der Waals surface area (Å²) in [4.78, 5) is 4.30. The summed E-state index contributed by atoms with van der Waals surface area (Å²) in [6.07, 6.45) is 5.62. The minimum absolute atomic E-state index is 0.832. The number of halogens is 1. The molecule has 0 atom stereocenters. The van der Waals surface area contributed by atoms with Crippen molar-refractivity contribution in [2.75, 3.05) is 0 Å². The van der Waals surface area contributed by atoms with Gasteiger partial charge >= 0.3 is 0 Å². The molecule has 0 aliphatic carbocycles. The third kappa shape index (κ3) is 1.85. The Labute approximate surface area is 90.9 Å². The van der Waals surface area contributed by atoms with Gasteiger partial charge in [0.2, 0.25) is 0 Å². The first kappa shape index (κ1) is 9.40. The molecule has 0 spiro atoms. The zero-order valence-electron chi connectivity index (χ0n) is 7.81. The summed E-state index contributed by atoms with van der Waals surface area (Å²) in [5, 5.41) is 5.02. The van der Waals surface area contributed by atoms with Gasteiger partial charge in [-0.15, -0.1) is 0 Å². The molecule has 2 aromatic heterocycles. The highest BCUT2D eigenvalue weighted by molar-refractivity contribution is 9.08. The van der Waals surface area contributed by atoms with Crippen LogP contribution >= 0.6 is 15.9 Å². The Morgan fingerprint density at radius 2 is 2.21 bits per heavy atom. The molecule has 2 aromatic rings. The molecule has 0 N–H and O–H groups in total. The number of alkyl halides is 1. The number of hydrogen-bond donors (Lipinski definition) is 0. The van der Waals surface area contributed by atoms with Gasteiger partial charge in [-0.05, 0) is 24.1 Å². The standard InChI is InChI=1S/C10H10BrN3/c1-8-5-13-14(7-8)10-3-2-9(4-11)6-12-10/h2-3,5-7H,4H2,1H3. The molecule has 0 amide bonds. The van der Waals surface area contributed by atoms with Crippen LogP contribution in [0.5, 0.6) is 0 Å². The van der Waals surface area contributed by atoms with Crippen molar-refractivity contribution in [1.29, 1.82) is 0 Å². The maximum atomic E-state index is 4.30. The fourth-order valence-corrected chi connectivity index (χ4v) is 1.50. The molecular weight excluding hydrogens is 242 g/mol. The average molecular weight is 252 g/mol. The first-order valence-corrected chi connectivity index (χ1v) is 5.44. The molecule has 0 aliphatic rings. The maximum absolute atomic E-state index is 4.30. The molecule has 3 nitrogen and oxygen atoms in total. The molecule has 0 saturated carbocycles. The van der Waals surface area contributed by atoms with Crippen LogP contribution in [0, 0.1) is 6.92 Å².